The third-order valence-corrected chi connectivity index (χ3v) is 7.34. The molecule has 0 amide bonds. The number of hydrogen-bond acceptors (Lipinski definition) is 2. The molecule has 1 unspecified atom stereocenters. The highest BCUT2D eigenvalue weighted by Gasteiger charge is 2.26. The smallest absolute Gasteiger partial charge is 0.101 e. The van der Waals surface area contributed by atoms with Gasteiger partial charge in [-0.1, -0.05) is 129 Å². The van der Waals surface area contributed by atoms with Crippen molar-refractivity contribution in [3.63, 3.8) is 0 Å². The zero-order chi connectivity index (χ0) is 23.3. The summed E-state index contributed by atoms with van der Waals surface area (Å²) in [5.74, 6) is 0. The SMILES string of the molecule is CCCCCCCCCCCCCCCCCCC1N(CCCCCC)C=CN1C(C)C. The summed E-state index contributed by atoms with van der Waals surface area (Å²) in [4.78, 5) is 5.21. The van der Waals surface area contributed by atoms with Gasteiger partial charge in [-0.3, -0.25) is 0 Å². The lowest BCUT2D eigenvalue weighted by Crippen LogP contribution is -2.42. The predicted octanol–water partition coefficient (Wildman–Crippen LogP) is 10.0. The Morgan fingerprint density at radius 1 is 0.531 bits per heavy atom. The Kier molecular flexibility index (Phi) is 19.2. The van der Waals surface area contributed by atoms with Crippen LogP contribution in [0, 0.1) is 0 Å². The molecule has 0 spiro atoms. The Labute approximate surface area is 203 Å². The number of nitrogens with zero attached hydrogens (tertiary/aromatic N) is 2. The lowest BCUT2D eigenvalue weighted by molar-refractivity contribution is 0.114. The minimum atomic E-state index is 0.609. The van der Waals surface area contributed by atoms with Crippen molar-refractivity contribution in [3.8, 4) is 0 Å². The van der Waals surface area contributed by atoms with Gasteiger partial charge in [0.05, 0.1) is 0 Å². The van der Waals surface area contributed by atoms with Crippen molar-refractivity contribution in [1.29, 1.82) is 0 Å². The van der Waals surface area contributed by atoms with Gasteiger partial charge in [0.15, 0.2) is 0 Å². The topological polar surface area (TPSA) is 6.48 Å². The minimum Gasteiger partial charge on any atom is -0.356 e. The number of unbranched alkanes of at least 4 members (excludes halogenated alkanes) is 18. The Morgan fingerprint density at radius 2 is 0.938 bits per heavy atom. The molecule has 0 radical (unpaired) electrons. The Bertz CT molecular complexity index is 417. The van der Waals surface area contributed by atoms with Gasteiger partial charge in [0.25, 0.3) is 0 Å². The van der Waals surface area contributed by atoms with E-state index in [1.807, 2.05) is 0 Å². The summed E-state index contributed by atoms with van der Waals surface area (Å²) in [5, 5.41) is 0. The highest BCUT2D eigenvalue weighted by molar-refractivity contribution is 4.98. The largest absolute Gasteiger partial charge is 0.356 e. The van der Waals surface area contributed by atoms with E-state index in [1.54, 1.807) is 0 Å². The van der Waals surface area contributed by atoms with Crippen LogP contribution >= 0.6 is 0 Å². The van der Waals surface area contributed by atoms with Gasteiger partial charge >= 0.3 is 0 Å². The molecular formula is C30H60N2. The van der Waals surface area contributed by atoms with Crippen molar-refractivity contribution in [2.45, 2.75) is 175 Å². The van der Waals surface area contributed by atoms with Crippen LogP contribution < -0.4 is 0 Å². The van der Waals surface area contributed by atoms with Crippen LogP contribution in [0.2, 0.25) is 0 Å². The fourth-order valence-electron chi connectivity index (χ4n) is 5.18. The summed E-state index contributed by atoms with van der Waals surface area (Å²) >= 11 is 0. The van der Waals surface area contributed by atoms with Gasteiger partial charge in [0.2, 0.25) is 0 Å². The van der Waals surface area contributed by atoms with Crippen LogP contribution in [0.5, 0.6) is 0 Å². The molecule has 0 aromatic carbocycles. The van der Waals surface area contributed by atoms with Crippen molar-refractivity contribution in [1.82, 2.24) is 9.80 Å². The zero-order valence-electron chi connectivity index (χ0n) is 22.8. The van der Waals surface area contributed by atoms with E-state index in [0.717, 1.165) is 0 Å². The average Bonchev–Trinajstić information content (AvgIpc) is 3.19. The molecule has 0 aromatic rings. The van der Waals surface area contributed by atoms with Gasteiger partial charge in [0, 0.05) is 25.0 Å². The van der Waals surface area contributed by atoms with Gasteiger partial charge in [0.1, 0.15) is 6.17 Å². The normalized spacial score (nSPS) is 16.1. The number of rotatable bonds is 23. The first-order valence-electron chi connectivity index (χ1n) is 14.9. The molecule has 2 nitrogen and oxygen atoms in total. The molecule has 2 heteroatoms. The summed E-state index contributed by atoms with van der Waals surface area (Å²) in [5.41, 5.74) is 0. The van der Waals surface area contributed by atoms with E-state index in [1.165, 1.54) is 141 Å². The second-order valence-electron chi connectivity index (χ2n) is 10.7. The highest BCUT2D eigenvalue weighted by atomic mass is 15.4. The first-order chi connectivity index (χ1) is 15.7. The van der Waals surface area contributed by atoms with Gasteiger partial charge in [-0.05, 0) is 33.1 Å². The Morgan fingerprint density at radius 3 is 1.38 bits per heavy atom. The maximum Gasteiger partial charge on any atom is 0.101 e. The minimum absolute atomic E-state index is 0.609. The van der Waals surface area contributed by atoms with E-state index in [-0.39, 0.29) is 0 Å². The van der Waals surface area contributed by atoms with Crippen molar-refractivity contribution in [2.24, 2.45) is 0 Å². The van der Waals surface area contributed by atoms with Crippen LogP contribution in [0.25, 0.3) is 0 Å². The standard InChI is InChI=1S/C30H60N2/c1-5-7-9-11-12-13-14-15-16-17-18-19-20-21-22-23-25-30-31(26-24-10-8-6-2)27-28-32(30)29(3)4/h27-30H,5-26H2,1-4H3. The molecular weight excluding hydrogens is 388 g/mol. The molecule has 0 N–H and O–H groups in total. The van der Waals surface area contributed by atoms with E-state index in [0.29, 0.717) is 12.2 Å². The van der Waals surface area contributed by atoms with Gasteiger partial charge in [-0.15, -0.1) is 0 Å². The molecule has 0 bridgehead atoms. The van der Waals surface area contributed by atoms with Crippen molar-refractivity contribution < 1.29 is 0 Å². The van der Waals surface area contributed by atoms with E-state index in [9.17, 15) is 0 Å². The van der Waals surface area contributed by atoms with Crippen molar-refractivity contribution in [2.75, 3.05) is 6.54 Å². The fourth-order valence-corrected chi connectivity index (χ4v) is 5.18. The summed E-state index contributed by atoms with van der Waals surface area (Å²) < 4.78 is 0. The van der Waals surface area contributed by atoms with Crippen molar-refractivity contribution >= 4 is 0 Å². The molecule has 190 valence electrons. The van der Waals surface area contributed by atoms with E-state index in [2.05, 4.69) is 49.9 Å². The third kappa shape index (κ3) is 14.5. The first-order valence-corrected chi connectivity index (χ1v) is 14.9. The second kappa shape index (κ2) is 20.9. The monoisotopic (exact) mass is 448 g/mol. The first kappa shape index (κ1) is 29.4. The molecule has 1 aliphatic rings. The summed E-state index contributed by atoms with van der Waals surface area (Å²) in [7, 11) is 0. The molecule has 0 saturated carbocycles. The molecule has 0 aromatic heterocycles. The van der Waals surface area contributed by atoms with E-state index < -0.39 is 0 Å². The van der Waals surface area contributed by atoms with Gasteiger partial charge in [-0.2, -0.15) is 0 Å². The van der Waals surface area contributed by atoms with Gasteiger partial charge < -0.3 is 9.80 Å². The van der Waals surface area contributed by atoms with Crippen LogP contribution in [-0.2, 0) is 0 Å². The van der Waals surface area contributed by atoms with Crippen LogP contribution in [0.4, 0.5) is 0 Å². The van der Waals surface area contributed by atoms with Crippen LogP contribution in [0.15, 0.2) is 12.4 Å². The fraction of sp³-hybridized carbons (Fsp3) is 0.933. The maximum absolute atomic E-state index is 2.63. The van der Waals surface area contributed by atoms with E-state index in [4.69, 9.17) is 0 Å². The predicted molar refractivity (Wildman–Crippen MR) is 145 cm³/mol. The highest BCUT2D eigenvalue weighted by Crippen LogP contribution is 2.24. The van der Waals surface area contributed by atoms with Crippen molar-refractivity contribution in [3.05, 3.63) is 12.4 Å². The molecule has 0 saturated heterocycles. The Balaban J connectivity index is 1.97. The third-order valence-electron chi connectivity index (χ3n) is 7.34. The zero-order valence-corrected chi connectivity index (χ0v) is 22.8. The molecule has 0 aliphatic carbocycles. The Hall–Kier alpha value is -0.660. The lowest BCUT2D eigenvalue weighted by Gasteiger charge is -2.35. The molecule has 32 heavy (non-hydrogen) atoms. The summed E-state index contributed by atoms with van der Waals surface area (Å²) in [6, 6.07) is 0.609. The average molecular weight is 449 g/mol. The summed E-state index contributed by atoms with van der Waals surface area (Å²) in [6.45, 7) is 10.5. The molecule has 1 atom stereocenters. The quantitative estimate of drug-likeness (QED) is 0.143. The molecule has 0 fully saturated rings. The van der Waals surface area contributed by atoms with Crippen LogP contribution in [0.3, 0.4) is 0 Å². The summed E-state index contributed by atoms with van der Waals surface area (Å²) in [6.07, 6.45) is 35.3. The lowest BCUT2D eigenvalue weighted by atomic mass is 10.0. The van der Waals surface area contributed by atoms with Gasteiger partial charge in [-0.25, -0.2) is 0 Å². The van der Waals surface area contributed by atoms with Crippen LogP contribution in [-0.4, -0.2) is 28.6 Å². The van der Waals surface area contributed by atoms with Crippen LogP contribution in [0.1, 0.15) is 163 Å². The van der Waals surface area contributed by atoms with E-state index >= 15 is 0 Å². The molecule has 1 rings (SSSR count). The second-order valence-corrected chi connectivity index (χ2v) is 10.7. The molecule has 1 aliphatic heterocycles. The molecule has 1 heterocycles. The number of hydrogen-bond donors (Lipinski definition) is 0. The maximum atomic E-state index is 2.63.